The van der Waals surface area contributed by atoms with Crippen molar-refractivity contribution in [2.75, 3.05) is 13.7 Å². The van der Waals surface area contributed by atoms with E-state index in [9.17, 15) is 4.79 Å². The van der Waals surface area contributed by atoms with E-state index in [-0.39, 0.29) is 11.9 Å². The van der Waals surface area contributed by atoms with Crippen LogP contribution in [0, 0.1) is 0 Å². The van der Waals surface area contributed by atoms with Crippen molar-refractivity contribution in [2.45, 2.75) is 51.1 Å². The van der Waals surface area contributed by atoms with Crippen LogP contribution in [-0.2, 0) is 4.79 Å². The number of amides is 1. The van der Waals surface area contributed by atoms with E-state index in [2.05, 4.69) is 22.8 Å². The Balaban J connectivity index is 1.69. The summed E-state index contributed by atoms with van der Waals surface area (Å²) in [6, 6.07) is 8.98. The Bertz CT molecular complexity index is 468. The molecule has 1 saturated carbocycles. The van der Waals surface area contributed by atoms with Gasteiger partial charge in [-0.3, -0.25) is 4.79 Å². The maximum absolute atomic E-state index is 11.5. The molecule has 0 aromatic heterocycles. The van der Waals surface area contributed by atoms with Crippen molar-refractivity contribution in [1.29, 1.82) is 0 Å². The normalized spacial score (nSPS) is 21.0. The van der Waals surface area contributed by atoms with Gasteiger partial charge >= 0.3 is 0 Å². The summed E-state index contributed by atoms with van der Waals surface area (Å²) in [5, 5.41) is 6.37. The molecule has 1 aliphatic rings. The summed E-state index contributed by atoms with van der Waals surface area (Å²) in [5.74, 6) is 1.68. The minimum Gasteiger partial charge on any atom is -0.496 e. The Hall–Kier alpha value is -1.55. The third-order valence-electron chi connectivity index (χ3n) is 3.95. The minimum absolute atomic E-state index is 0.123. The van der Waals surface area contributed by atoms with Gasteiger partial charge in [-0.05, 0) is 44.2 Å². The molecule has 0 radical (unpaired) electrons. The number of hydrogen-bond acceptors (Lipinski definition) is 3. The quantitative estimate of drug-likeness (QED) is 0.811. The van der Waals surface area contributed by atoms with Crippen molar-refractivity contribution < 1.29 is 9.53 Å². The Morgan fingerprint density at radius 1 is 1.33 bits per heavy atom. The van der Waals surface area contributed by atoms with Crippen LogP contribution in [0.5, 0.6) is 5.75 Å². The van der Waals surface area contributed by atoms with Crippen LogP contribution >= 0.6 is 0 Å². The second kappa shape index (κ2) is 7.46. The summed E-state index contributed by atoms with van der Waals surface area (Å²) in [6.45, 7) is 4.71. The van der Waals surface area contributed by atoms with Gasteiger partial charge in [0.15, 0.2) is 0 Å². The second-order valence-corrected chi connectivity index (χ2v) is 6.03. The van der Waals surface area contributed by atoms with Gasteiger partial charge in [0, 0.05) is 25.0 Å². The average Bonchev–Trinajstić information content (AvgIpc) is 2.40. The third-order valence-corrected chi connectivity index (χ3v) is 3.95. The molecule has 0 bridgehead atoms. The van der Waals surface area contributed by atoms with E-state index in [0.717, 1.165) is 25.1 Å². The molecule has 2 rings (SSSR count). The first-order valence-corrected chi connectivity index (χ1v) is 7.75. The monoisotopic (exact) mass is 290 g/mol. The largest absolute Gasteiger partial charge is 0.496 e. The molecule has 116 valence electrons. The summed E-state index contributed by atoms with van der Waals surface area (Å²) in [4.78, 5) is 11.5. The van der Waals surface area contributed by atoms with Gasteiger partial charge in [-0.25, -0.2) is 0 Å². The maximum Gasteiger partial charge on any atom is 0.221 e. The highest BCUT2D eigenvalue weighted by molar-refractivity contribution is 5.76. The zero-order valence-corrected chi connectivity index (χ0v) is 13.2. The molecular weight excluding hydrogens is 264 g/mol. The number of hydrogen-bond donors (Lipinski definition) is 2. The highest BCUT2D eigenvalue weighted by Crippen LogP contribution is 2.40. The Morgan fingerprint density at radius 2 is 2.05 bits per heavy atom. The molecule has 4 nitrogen and oxygen atoms in total. The molecule has 1 aliphatic carbocycles. The standard InChI is InChI=1S/C17H26N2O2/c1-12(2)19-17(20)8-9-18-14-10-13(11-14)15-6-4-5-7-16(15)21-3/h4-7,12-14,18H,8-11H2,1-3H3,(H,19,20). The van der Waals surface area contributed by atoms with Gasteiger partial charge in [0.05, 0.1) is 7.11 Å². The first-order valence-electron chi connectivity index (χ1n) is 7.75. The van der Waals surface area contributed by atoms with Crippen LogP contribution < -0.4 is 15.4 Å². The smallest absolute Gasteiger partial charge is 0.221 e. The SMILES string of the molecule is COc1ccccc1C1CC(NCCC(=O)NC(C)C)C1. The second-order valence-electron chi connectivity index (χ2n) is 6.03. The number of carbonyl (C=O) groups excluding carboxylic acids is 1. The van der Waals surface area contributed by atoms with Gasteiger partial charge in [0.1, 0.15) is 5.75 Å². The Morgan fingerprint density at radius 3 is 2.71 bits per heavy atom. The fourth-order valence-electron chi connectivity index (χ4n) is 2.83. The molecule has 2 N–H and O–H groups in total. The fourth-order valence-corrected chi connectivity index (χ4v) is 2.83. The highest BCUT2D eigenvalue weighted by atomic mass is 16.5. The number of carbonyl (C=O) groups is 1. The summed E-state index contributed by atoms with van der Waals surface area (Å²) in [7, 11) is 1.72. The first kappa shape index (κ1) is 15.8. The van der Waals surface area contributed by atoms with Crippen molar-refractivity contribution in [2.24, 2.45) is 0 Å². The number of ether oxygens (including phenoxy) is 1. The zero-order valence-electron chi connectivity index (χ0n) is 13.2. The molecule has 0 heterocycles. The van der Waals surface area contributed by atoms with Crippen molar-refractivity contribution >= 4 is 5.91 Å². The van der Waals surface area contributed by atoms with E-state index in [4.69, 9.17) is 4.74 Å². The predicted octanol–water partition coefficient (Wildman–Crippen LogP) is 2.45. The van der Waals surface area contributed by atoms with Gasteiger partial charge in [-0.15, -0.1) is 0 Å². The van der Waals surface area contributed by atoms with Crippen LogP contribution in [0.3, 0.4) is 0 Å². The lowest BCUT2D eigenvalue weighted by Gasteiger charge is -2.37. The molecule has 1 aromatic carbocycles. The number of rotatable bonds is 7. The molecule has 1 amide bonds. The molecule has 0 saturated heterocycles. The molecule has 1 aromatic rings. The van der Waals surface area contributed by atoms with E-state index in [1.165, 1.54) is 5.56 Å². The topological polar surface area (TPSA) is 50.4 Å². The zero-order chi connectivity index (χ0) is 15.2. The summed E-state index contributed by atoms with van der Waals surface area (Å²) in [6.07, 6.45) is 2.78. The van der Waals surface area contributed by atoms with Crippen molar-refractivity contribution in [3.05, 3.63) is 29.8 Å². The molecular formula is C17H26N2O2. The van der Waals surface area contributed by atoms with Crippen LogP contribution in [0.2, 0.25) is 0 Å². The maximum atomic E-state index is 11.5. The van der Waals surface area contributed by atoms with Crippen LogP contribution in [0.25, 0.3) is 0 Å². The molecule has 0 aliphatic heterocycles. The van der Waals surface area contributed by atoms with Gasteiger partial charge in [-0.2, -0.15) is 0 Å². The fraction of sp³-hybridized carbons (Fsp3) is 0.588. The average molecular weight is 290 g/mol. The molecule has 21 heavy (non-hydrogen) atoms. The summed E-state index contributed by atoms with van der Waals surface area (Å²) in [5.41, 5.74) is 1.30. The molecule has 0 spiro atoms. The number of benzene rings is 1. The van der Waals surface area contributed by atoms with Gasteiger partial charge < -0.3 is 15.4 Å². The van der Waals surface area contributed by atoms with Crippen LogP contribution in [0.15, 0.2) is 24.3 Å². The van der Waals surface area contributed by atoms with E-state index >= 15 is 0 Å². The van der Waals surface area contributed by atoms with E-state index in [1.54, 1.807) is 7.11 Å². The lowest BCUT2D eigenvalue weighted by atomic mass is 9.75. The van der Waals surface area contributed by atoms with E-state index < -0.39 is 0 Å². The minimum atomic E-state index is 0.123. The lowest BCUT2D eigenvalue weighted by molar-refractivity contribution is -0.121. The van der Waals surface area contributed by atoms with Gasteiger partial charge in [0.2, 0.25) is 5.91 Å². The highest BCUT2D eigenvalue weighted by Gasteiger charge is 2.31. The summed E-state index contributed by atoms with van der Waals surface area (Å²) >= 11 is 0. The molecule has 4 heteroatoms. The molecule has 1 fully saturated rings. The number of nitrogens with one attached hydrogen (secondary N) is 2. The van der Waals surface area contributed by atoms with Gasteiger partial charge in [0.25, 0.3) is 0 Å². The lowest BCUT2D eigenvalue weighted by Crippen LogP contribution is -2.42. The van der Waals surface area contributed by atoms with Gasteiger partial charge in [-0.1, -0.05) is 18.2 Å². The van der Waals surface area contributed by atoms with Crippen LogP contribution in [0.1, 0.15) is 44.6 Å². The predicted molar refractivity (Wildman–Crippen MR) is 84.7 cm³/mol. The Kier molecular flexibility index (Phi) is 5.62. The van der Waals surface area contributed by atoms with E-state index in [1.807, 2.05) is 26.0 Å². The van der Waals surface area contributed by atoms with Crippen molar-refractivity contribution in [3.63, 3.8) is 0 Å². The van der Waals surface area contributed by atoms with Crippen molar-refractivity contribution in [1.82, 2.24) is 10.6 Å². The Labute approximate surface area is 127 Å². The van der Waals surface area contributed by atoms with Crippen LogP contribution in [0.4, 0.5) is 0 Å². The first-order chi connectivity index (χ1) is 10.1. The molecule has 0 unspecified atom stereocenters. The van der Waals surface area contributed by atoms with E-state index in [0.29, 0.717) is 18.4 Å². The number of methoxy groups -OCH3 is 1. The summed E-state index contributed by atoms with van der Waals surface area (Å²) < 4.78 is 5.41. The van der Waals surface area contributed by atoms with Crippen LogP contribution in [-0.4, -0.2) is 31.6 Å². The number of para-hydroxylation sites is 1. The van der Waals surface area contributed by atoms with Crippen molar-refractivity contribution in [3.8, 4) is 5.75 Å². The molecule has 0 atom stereocenters. The third kappa shape index (κ3) is 4.46.